The normalized spacial score (nSPS) is 27.5. The highest BCUT2D eigenvalue weighted by molar-refractivity contribution is 5.20. The van der Waals surface area contributed by atoms with Crippen LogP contribution in [0.5, 0.6) is 0 Å². The third kappa shape index (κ3) is 3.21. The number of hydrogen-bond acceptors (Lipinski definition) is 6. The Morgan fingerprint density at radius 1 is 1.24 bits per heavy atom. The van der Waals surface area contributed by atoms with Crippen LogP contribution in [0, 0.1) is 12.8 Å². The van der Waals surface area contributed by atoms with Crippen LogP contribution < -0.4 is 0 Å². The molecule has 2 aromatic rings. The number of aliphatic hydroxyl groups excluding tert-OH is 1. The topological polar surface area (TPSA) is 65.6 Å². The van der Waals surface area contributed by atoms with Crippen LogP contribution in [-0.4, -0.2) is 64.4 Å². The van der Waals surface area contributed by atoms with Gasteiger partial charge in [-0.1, -0.05) is 35.5 Å². The summed E-state index contributed by atoms with van der Waals surface area (Å²) < 4.78 is 5.66. The summed E-state index contributed by atoms with van der Waals surface area (Å²) in [6.07, 6.45) is 1.10. The molecule has 0 aliphatic carbocycles. The molecule has 6 heteroatoms. The Morgan fingerprint density at radius 3 is 2.76 bits per heavy atom. The number of benzene rings is 1. The van der Waals surface area contributed by atoms with Crippen molar-refractivity contribution >= 4 is 0 Å². The second-order valence-electron chi connectivity index (χ2n) is 7.44. The number of rotatable bonds is 5. The van der Waals surface area contributed by atoms with Gasteiger partial charge in [0, 0.05) is 32.7 Å². The van der Waals surface area contributed by atoms with E-state index in [9.17, 15) is 5.11 Å². The zero-order valence-corrected chi connectivity index (χ0v) is 14.8. The summed E-state index contributed by atoms with van der Waals surface area (Å²) in [7, 11) is 0. The summed E-state index contributed by atoms with van der Waals surface area (Å²) in [6.45, 7) is 7.62. The van der Waals surface area contributed by atoms with Gasteiger partial charge in [-0.15, -0.1) is 0 Å². The van der Waals surface area contributed by atoms with E-state index in [2.05, 4.69) is 50.3 Å². The zero-order valence-electron chi connectivity index (χ0n) is 14.8. The average Bonchev–Trinajstić information content (AvgIpc) is 3.20. The Balaban J connectivity index is 1.60. The lowest BCUT2D eigenvalue weighted by Gasteiger charge is -2.41. The number of aryl methyl sites for hydroxylation is 1. The van der Waals surface area contributed by atoms with Gasteiger partial charge in [0.2, 0.25) is 5.89 Å². The second-order valence-corrected chi connectivity index (χ2v) is 7.44. The van der Waals surface area contributed by atoms with Gasteiger partial charge < -0.3 is 9.63 Å². The molecule has 6 nitrogen and oxygen atoms in total. The first kappa shape index (κ1) is 16.7. The summed E-state index contributed by atoms with van der Waals surface area (Å²) in [5, 5.41) is 13.4. The summed E-state index contributed by atoms with van der Waals surface area (Å²) >= 11 is 0. The van der Waals surface area contributed by atoms with Crippen molar-refractivity contribution in [2.24, 2.45) is 5.92 Å². The molecule has 2 aliphatic heterocycles. The zero-order chi connectivity index (χ0) is 17.3. The third-order valence-corrected chi connectivity index (χ3v) is 5.68. The average molecular weight is 342 g/mol. The number of likely N-dealkylation sites (tertiary alicyclic amines) is 2. The molecule has 3 heterocycles. The Bertz CT molecular complexity index is 704. The van der Waals surface area contributed by atoms with Gasteiger partial charge in [-0.2, -0.15) is 4.98 Å². The van der Waals surface area contributed by atoms with Crippen LogP contribution in [0.2, 0.25) is 0 Å². The van der Waals surface area contributed by atoms with Crippen LogP contribution in [0.1, 0.15) is 23.7 Å². The van der Waals surface area contributed by atoms with Gasteiger partial charge in [-0.05, 0) is 31.4 Å². The first-order chi connectivity index (χ1) is 12.2. The SMILES string of the molecule is Cc1noc([C@]23CN(CCO)CC[C@H]2CN(Cc2ccccc2)C3)n1. The third-order valence-electron chi connectivity index (χ3n) is 5.68. The van der Waals surface area contributed by atoms with E-state index < -0.39 is 0 Å². The van der Waals surface area contributed by atoms with Crippen molar-refractivity contribution in [1.29, 1.82) is 0 Å². The van der Waals surface area contributed by atoms with E-state index in [-0.39, 0.29) is 12.0 Å². The fourth-order valence-corrected chi connectivity index (χ4v) is 4.55. The van der Waals surface area contributed by atoms with Gasteiger partial charge in [0.25, 0.3) is 0 Å². The van der Waals surface area contributed by atoms with Gasteiger partial charge in [0.05, 0.1) is 12.0 Å². The predicted octanol–water partition coefficient (Wildman–Crippen LogP) is 1.45. The molecule has 0 saturated carbocycles. The summed E-state index contributed by atoms with van der Waals surface area (Å²) in [6, 6.07) is 10.6. The molecule has 4 rings (SSSR count). The van der Waals surface area contributed by atoms with Gasteiger partial charge >= 0.3 is 0 Å². The van der Waals surface area contributed by atoms with E-state index in [1.54, 1.807) is 0 Å². The lowest BCUT2D eigenvalue weighted by Crippen LogP contribution is -2.52. The molecule has 2 aliphatic rings. The van der Waals surface area contributed by atoms with E-state index in [0.29, 0.717) is 18.3 Å². The summed E-state index contributed by atoms with van der Waals surface area (Å²) in [5.41, 5.74) is 1.22. The molecule has 0 spiro atoms. The number of nitrogens with zero attached hydrogens (tertiary/aromatic N) is 4. The summed E-state index contributed by atoms with van der Waals surface area (Å²) in [5.74, 6) is 1.99. The predicted molar refractivity (Wildman–Crippen MR) is 94.1 cm³/mol. The molecule has 2 saturated heterocycles. The van der Waals surface area contributed by atoms with Crippen molar-refractivity contribution in [3.63, 3.8) is 0 Å². The number of hydrogen-bond donors (Lipinski definition) is 1. The van der Waals surface area contributed by atoms with Crippen LogP contribution in [0.25, 0.3) is 0 Å². The second kappa shape index (κ2) is 6.86. The van der Waals surface area contributed by atoms with Crippen molar-refractivity contribution in [2.75, 3.05) is 39.3 Å². The molecule has 2 atom stereocenters. The molecule has 0 radical (unpaired) electrons. The Hall–Kier alpha value is -1.76. The molecule has 0 bridgehead atoms. The first-order valence-corrected chi connectivity index (χ1v) is 9.10. The van der Waals surface area contributed by atoms with E-state index in [0.717, 1.165) is 45.0 Å². The number of β-amino-alcohol motifs (C(OH)–C–C–N with tert-alkyl or cyclic N) is 1. The molecule has 2 fully saturated rings. The molecule has 134 valence electrons. The minimum Gasteiger partial charge on any atom is -0.395 e. The van der Waals surface area contributed by atoms with E-state index >= 15 is 0 Å². The van der Waals surface area contributed by atoms with Crippen molar-refractivity contribution < 1.29 is 9.63 Å². The molecule has 0 unspecified atom stereocenters. The minimum atomic E-state index is -0.122. The maximum absolute atomic E-state index is 9.36. The lowest BCUT2D eigenvalue weighted by molar-refractivity contribution is 0.0785. The van der Waals surface area contributed by atoms with Gasteiger partial charge in [0.15, 0.2) is 5.82 Å². The molecular formula is C19H26N4O2. The molecule has 0 amide bonds. The monoisotopic (exact) mass is 342 g/mol. The van der Waals surface area contributed by atoms with Crippen molar-refractivity contribution in [1.82, 2.24) is 19.9 Å². The number of aliphatic hydroxyl groups is 1. The van der Waals surface area contributed by atoms with Crippen LogP contribution >= 0.6 is 0 Å². The fraction of sp³-hybridized carbons (Fsp3) is 0.579. The van der Waals surface area contributed by atoms with Gasteiger partial charge in [-0.25, -0.2) is 0 Å². The lowest BCUT2D eigenvalue weighted by atomic mass is 9.73. The molecule has 1 aromatic carbocycles. The molecule has 1 aromatic heterocycles. The number of piperidine rings is 1. The molecular weight excluding hydrogens is 316 g/mol. The Kier molecular flexibility index (Phi) is 4.58. The van der Waals surface area contributed by atoms with Crippen molar-refractivity contribution in [3.05, 3.63) is 47.6 Å². The highest BCUT2D eigenvalue weighted by Gasteiger charge is 2.54. The maximum Gasteiger partial charge on any atom is 0.235 e. The van der Waals surface area contributed by atoms with Gasteiger partial charge in [0.1, 0.15) is 0 Å². The molecule has 25 heavy (non-hydrogen) atoms. The largest absolute Gasteiger partial charge is 0.395 e. The number of aromatic nitrogens is 2. The standard InChI is InChI=1S/C19H26N4O2/c1-15-20-18(25-21-15)19-13-22(9-10-24)8-7-17(19)12-23(14-19)11-16-5-3-2-4-6-16/h2-6,17,24H,7-14H2,1H3/t17-,19-/m0/s1. The van der Waals surface area contributed by atoms with Gasteiger partial charge in [-0.3, -0.25) is 9.80 Å². The van der Waals surface area contributed by atoms with E-state index in [4.69, 9.17) is 4.52 Å². The van der Waals surface area contributed by atoms with Crippen LogP contribution in [0.4, 0.5) is 0 Å². The van der Waals surface area contributed by atoms with Crippen LogP contribution in [0.15, 0.2) is 34.9 Å². The minimum absolute atomic E-state index is 0.122. The smallest absolute Gasteiger partial charge is 0.235 e. The quantitative estimate of drug-likeness (QED) is 0.887. The van der Waals surface area contributed by atoms with Crippen molar-refractivity contribution in [3.8, 4) is 0 Å². The molecule has 1 N–H and O–H groups in total. The number of fused-ring (bicyclic) bond motifs is 1. The highest BCUT2D eigenvalue weighted by Crippen LogP contribution is 2.44. The highest BCUT2D eigenvalue weighted by atomic mass is 16.5. The van der Waals surface area contributed by atoms with E-state index in [1.807, 2.05) is 6.92 Å². The van der Waals surface area contributed by atoms with Crippen molar-refractivity contribution in [2.45, 2.75) is 25.3 Å². The fourth-order valence-electron chi connectivity index (χ4n) is 4.55. The van der Waals surface area contributed by atoms with E-state index in [1.165, 1.54) is 5.56 Å². The summed E-state index contributed by atoms with van der Waals surface area (Å²) in [4.78, 5) is 9.46. The Labute approximate surface area is 148 Å². The first-order valence-electron chi connectivity index (χ1n) is 9.10. The van der Waals surface area contributed by atoms with Crippen LogP contribution in [-0.2, 0) is 12.0 Å². The van der Waals surface area contributed by atoms with Crippen LogP contribution in [0.3, 0.4) is 0 Å². The Morgan fingerprint density at radius 2 is 2.04 bits per heavy atom. The maximum atomic E-state index is 9.36.